The fourth-order valence-electron chi connectivity index (χ4n) is 5.55. The van der Waals surface area contributed by atoms with E-state index >= 15 is 0 Å². The van der Waals surface area contributed by atoms with Gasteiger partial charge in [0, 0.05) is 19.4 Å². The van der Waals surface area contributed by atoms with E-state index in [4.69, 9.17) is 4.74 Å². The zero-order valence-corrected chi connectivity index (χ0v) is 26.0. The van der Waals surface area contributed by atoms with Gasteiger partial charge < -0.3 is 30.9 Å². The molecule has 2 aliphatic rings. The van der Waals surface area contributed by atoms with E-state index in [1.807, 2.05) is 44.2 Å². The van der Waals surface area contributed by atoms with E-state index in [2.05, 4.69) is 26.2 Å². The summed E-state index contributed by atoms with van der Waals surface area (Å²) in [7, 11) is 0. The van der Waals surface area contributed by atoms with Gasteiger partial charge >= 0.3 is 0 Å². The molecule has 0 saturated carbocycles. The number of unbranched alkanes of at least 4 members (excludes halogenated alkanes) is 1. The Labute approximate surface area is 260 Å². The topological polar surface area (TPSA) is 129 Å². The van der Waals surface area contributed by atoms with Gasteiger partial charge in [0.15, 0.2) is 0 Å². The normalized spacial score (nSPS) is 22.1. The molecule has 10 nitrogen and oxygen atoms in total. The van der Waals surface area contributed by atoms with Crippen molar-refractivity contribution in [2.75, 3.05) is 32.8 Å². The molecule has 2 aromatic rings. The highest BCUT2D eigenvalue weighted by Gasteiger charge is 2.29. The molecule has 4 amide bonds. The van der Waals surface area contributed by atoms with Crippen LogP contribution >= 0.6 is 0 Å². The average molecular weight is 606 g/mol. The van der Waals surface area contributed by atoms with Crippen LogP contribution in [-0.2, 0) is 20.8 Å². The number of nitrogens with one attached hydrogen (secondary N) is 4. The molecule has 2 aromatic carbocycles. The molecule has 0 aliphatic carbocycles. The van der Waals surface area contributed by atoms with Gasteiger partial charge in [0.25, 0.3) is 5.91 Å². The third-order valence-corrected chi connectivity index (χ3v) is 8.30. The first-order valence-electron chi connectivity index (χ1n) is 16.0. The molecule has 10 heteroatoms. The monoisotopic (exact) mass is 605 g/mol. The summed E-state index contributed by atoms with van der Waals surface area (Å²) in [6.45, 7) is 7.85. The minimum atomic E-state index is -0.935. The molecule has 3 atom stereocenters. The molecule has 4 rings (SSSR count). The van der Waals surface area contributed by atoms with Gasteiger partial charge in [-0.1, -0.05) is 56.3 Å². The van der Waals surface area contributed by atoms with E-state index in [1.54, 1.807) is 24.3 Å². The maximum absolute atomic E-state index is 13.5. The zero-order chi connectivity index (χ0) is 31.3. The third-order valence-electron chi connectivity index (χ3n) is 8.30. The molecule has 2 aliphatic heterocycles. The van der Waals surface area contributed by atoms with Crippen LogP contribution in [0.25, 0.3) is 0 Å². The van der Waals surface area contributed by atoms with Crippen molar-refractivity contribution in [2.45, 2.75) is 76.9 Å². The summed E-state index contributed by atoms with van der Waals surface area (Å²) in [5.41, 5.74) is 1.19. The second-order valence-electron chi connectivity index (χ2n) is 12.1. The average Bonchev–Trinajstić information content (AvgIpc) is 3.54. The Morgan fingerprint density at radius 2 is 1.68 bits per heavy atom. The first-order valence-corrected chi connectivity index (χ1v) is 16.0. The van der Waals surface area contributed by atoms with Gasteiger partial charge in [-0.2, -0.15) is 0 Å². The van der Waals surface area contributed by atoms with Crippen molar-refractivity contribution >= 4 is 23.6 Å². The van der Waals surface area contributed by atoms with Crippen LogP contribution in [0.1, 0.15) is 68.3 Å². The van der Waals surface area contributed by atoms with Gasteiger partial charge in [-0.3, -0.25) is 19.2 Å². The van der Waals surface area contributed by atoms with E-state index in [-0.39, 0.29) is 54.7 Å². The largest absolute Gasteiger partial charge is 0.491 e. The smallest absolute Gasteiger partial charge is 0.255 e. The molecule has 238 valence electrons. The number of hydrogen-bond acceptors (Lipinski definition) is 6. The van der Waals surface area contributed by atoms with Gasteiger partial charge in [0.1, 0.15) is 24.4 Å². The Kier molecular flexibility index (Phi) is 12.6. The predicted octanol–water partition coefficient (Wildman–Crippen LogP) is 2.82. The summed E-state index contributed by atoms with van der Waals surface area (Å²) < 4.78 is 6.09. The van der Waals surface area contributed by atoms with Crippen LogP contribution in [0.4, 0.5) is 0 Å². The lowest BCUT2D eigenvalue weighted by Crippen LogP contribution is -2.53. The number of ether oxygens (including phenoxy) is 1. The van der Waals surface area contributed by atoms with Crippen molar-refractivity contribution in [3.8, 4) is 5.75 Å². The summed E-state index contributed by atoms with van der Waals surface area (Å²) in [6.07, 6.45) is 4.64. The van der Waals surface area contributed by atoms with Crippen molar-refractivity contribution in [1.29, 1.82) is 0 Å². The van der Waals surface area contributed by atoms with E-state index in [9.17, 15) is 19.2 Å². The molecule has 0 aromatic heterocycles. The second-order valence-corrected chi connectivity index (χ2v) is 12.1. The quantitative estimate of drug-likeness (QED) is 0.326. The Bertz CT molecular complexity index is 1250. The standard InChI is InChI=1S/C34H47N5O5/c1-24(2)29-23-44-30-15-7-6-14-26(30)32(41)37-27(33(42)35-18-8-9-19-39-20-10-11-21-39)16-17-31(40)36-28(34(43)38-29)22-25-12-4-3-5-13-25/h3-7,12-15,24,27-29H,8-11,16-23H2,1-2H3,(H,35,42)(H,36,40)(H,37,41)(H,38,43)/t27-,28-,29-/m0/s1. The fraction of sp³-hybridized carbons (Fsp3) is 0.529. The SMILES string of the molecule is CC(C)[C@@H]1COc2ccccc2C(=O)N[C@H](C(=O)NCCCCN2CCCC2)CCC(=O)N[C@@H](Cc2ccccc2)C(=O)N1. The number of carbonyl (C=O) groups is 4. The van der Waals surface area contributed by atoms with Crippen LogP contribution in [0.3, 0.4) is 0 Å². The van der Waals surface area contributed by atoms with Gasteiger partial charge in [-0.05, 0) is 75.4 Å². The van der Waals surface area contributed by atoms with Crippen LogP contribution in [0.5, 0.6) is 5.75 Å². The minimum Gasteiger partial charge on any atom is -0.491 e. The number of fused-ring (bicyclic) bond motifs is 1. The van der Waals surface area contributed by atoms with E-state index in [0.29, 0.717) is 18.7 Å². The molecule has 2 heterocycles. The highest BCUT2D eigenvalue weighted by Crippen LogP contribution is 2.20. The fourth-order valence-corrected chi connectivity index (χ4v) is 5.55. The summed E-state index contributed by atoms with van der Waals surface area (Å²) in [5.74, 6) is -1.11. The molecule has 1 fully saturated rings. The Morgan fingerprint density at radius 1 is 0.955 bits per heavy atom. The van der Waals surface area contributed by atoms with Crippen LogP contribution in [0.2, 0.25) is 0 Å². The van der Waals surface area contributed by atoms with Crippen molar-refractivity contribution in [1.82, 2.24) is 26.2 Å². The van der Waals surface area contributed by atoms with Crippen LogP contribution < -0.4 is 26.0 Å². The van der Waals surface area contributed by atoms with Crippen LogP contribution in [-0.4, -0.2) is 79.4 Å². The predicted molar refractivity (Wildman–Crippen MR) is 169 cm³/mol. The third kappa shape index (κ3) is 10.1. The number of likely N-dealkylation sites (tertiary alicyclic amines) is 1. The van der Waals surface area contributed by atoms with E-state index in [0.717, 1.165) is 38.0 Å². The summed E-state index contributed by atoms with van der Waals surface area (Å²) >= 11 is 0. The van der Waals surface area contributed by atoms with Gasteiger partial charge in [-0.25, -0.2) is 0 Å². The number of rotatable bonds is 9. The molecule has 0 spiro atoms. The number of hydrogen-bond donors (Lipinski definition) is 4. The van der Waals surface area contributed by atoms with Gasteiger partial charge in [-0.15, -0.1) is 0 Å². The molecule has 0 bridgehead atoms. The second kappa shape index (κ2) is 16.8. The van der Waals surface area contributed by atoms with Crippen LogP contribution in [0.15, 0.2) is 54.6 Å². The summed E-state index contributed by atoms with van der Waals surface area (Å²) in [5, 5.41) is 11.7. The molecular formula is C34H47N5O5. The maximum Gasteiger partial charge on any atom is 0.255 e. The first kappa shape index (κ1) is 33.0. The summed E-state index contributed by atoms with van der Waals surface area (Å²) in [6, 6.07) is 14.2. The van der Waals surface area contributed by atoms with Crippen molar-refractivity contribution in [3.63, 3.8) is 0 Å². The number of benzene rings is 2. The zero-order valence-electron chi connectivity index (χ0n) is 26.0. The highest BCUT2D eigenvalue weighted by atomic mass is 16.5. The Hall–Kier alpha value is -3.92. The minimum absolute atomic E-state index is 0.0205. The Balaban J connectivity index is 1.50. The van der Waals surface area contributed by atoms with Gasteiger partial charge in [0.2, 0.25) is 17.7 Å². The summed E-state index contributed by atoms with van der Waals surface area (Å²) in [4.78, 5) is 55.9. The number of carbonyl (C=O) groups excluding carboxylic acids is 4. The number of amides is 4. The molecule has 0 unspecified atom stereocenters. The van der Waals surface area contributed by atoms with Crippen LogP contribution in [0, 0.1) is 5.92 Å². The van der Waals surface area contributed by atoms with Gasteiger partial charge in [0.05, 0.1) is 11.6 Å². The van der Waals surface area contributed by atoms with Crippen molar-refractivity contribution in [3.05, 3.63) is 65.7 Å². The lowest BCUT2D eigenvalue weighted by atomic mass is 10.0. The molecular weight excluding hydrogens is 558 g/mol. The Morgan fingerprint density at radius 3 is 2.43 bits per heavy atom. The molecule has 0 radical (unpaired) electrons. The lowest BCUT2D eigenvalue weighted by molar-refractivity contribution is -0.130. The lowest BCUT2D eigenvalue weighted by Gasteiger charge is -2.26. The van der Waals surface area contributed by atoms with Crippen molar-refractivity contribution < 1.29 is 23.9 Å². The number of para-hydroxylation sites is 1. The molecule has 4 N–H and O–H groups in total. The molecule has 44 heavy (non-hydrogen) atoms. The first-order chi connectivity index (χ1) is 21.3. The molecule has 1 saturated heterocycles. The van der Waals surface area contributed by atoms with Crippen molar-refractivity contribution in [2.24, 2.45) is 5.92 Å². The van der Waals surface area contributed by atoms with E-state index < -0.39 is 18.0 Å². The maximum atomic E-state index is 13.5. The van der Waals surface area contributed by atoms with E-state index in [1.165, 1.54) is 12.8 Å². The highest BCUT2D eigenvalue weighted by molar-refractivity contribution is 5.99. The number of nitrogens with zero attached hydrogens (tertiary/aromatic N) is 1.